The van der Waals surface area contributed by atoms with Crippen molar-refractivity contribution in [3.63, 3.8) is 0 Å². The van der Waals surface area contributed by atoms with Gasteiger partial charge in [-0.15, -0.1) is 0 Å². The number of likely N-dealkylation sites (N-methyl/N-ethyl adjacent to an activating group) is 2. The maximum atomic E-state index is 2.60. The quantitative estimate of drug-likeness (QED) is 0.623. The van der Waals surface area contributed by atoms with Crippen LogP contribution in [0, 0.1) is 10.8 Å². The van der Waals surface area contributed by atoms with E-state index in [0.29, 0.717) is 10.8 Å². The van der Waals surface area contributed by atoms with Gasteiger partial charge in [-0.05, 0) is 37.8 Å². The normalized spacial score (nSPS) is 39.4. The van der Waals surface area contributed by atoms with Crippen LogP contribution in [0.25, 0.3) is 0 Å². The SMILES string of the molecule is CN1CC(C)(C)CC2C1CC(C)(C)CN2C. The zero-order chi connectivity index (χ0) is 12.1. The van der Waals surface area contributed by atoms with E-state index < -0.39 is 0 Å². The number of hydrogen-bond donors (Lipinski definition) is 0. The Bertz CT molecular complexity index is 242. The van der Waals surface area contributed by atoms with E-state index in [4.69, 9.17) is 0 Å². The van der Waals surface area contributed by atoms with Crippen molar-refractivity contribution in [1.82, 2.24) is 9.80 Å². The first kappa shape index (κ1) is 12.4. The van der Waals surface area contributed by atoms with Gasteiger partial charge in [-0.3, -0.25) is 0 Å². The Hall–Kier alpha value is -0.0800. The van der Waals surface area contributed by atoms with Crippen molar-refractivity contribution in [2.75, 3.05) is 27.2 Å². The predicted molar refractivity (Wildman–Crippen MR) is 69.6 cm³/mol. The van der Waals surface area contributed by atoms with E-state index in [-0.39, 0.29) is 0 Å². The summed E-state index contributed by atoms with van der Waals surface area (Å²) in [6.07, 6.45) is 2.71. The monoisotopic (exact) mass is 224 g/mol. The molecule has 0 saturated carbocycles. The van der Waals surface area contributed by atoms with E-state index in [2.05, 4.69) is 51.6 Å². The molecule has 0 aromatic carbocycles. The molecule has 2 saturated heterocycles. The molecular formula is C14H28N2. The molecule has 2 aliphatic heterocycles. The fourth-order valence-electron chi connectivity index (χ4n) is 4.02. The molecule has 0 aliphatic carbocycles. The number of likely N-dealkylation sites (tertiary alicyclic amines) is 2. The van der Waals surface area contributed by atoms with Crippen molar-refractivity contribution in [2.24, 2.45) is 10.8 Å². The molecule has 2 unspecified atom stereocenters. The second-order valence-electron chi connectivity index (χ2n) is 7.70. The topological polar surface area (TPSA) is 6.48 Å². The number of nitrogens with zero attached hydrogens (tertiary/aromatic N) is 2. The van der Waals surface area contributed by atoms with E-state index in [1.807, 2.05) is 0 Å². The first-order valence-electron chi connectivity index (χ1n) is 6.61. The Morgan fingerprint density at radius 2 is 1.06 bits per heavy atom. The number of rotatable bonds is 0. The molecule has 0 amide bonds. The molecule has 2 fully saturated rings. The minimum Gasteiger partial charge on any atom is -0.301 e. The van der Waals surface area contributed by atoms with Gasteiger partial charge < -0.3 is 9.80 Å². The van der Waals surface area contributed by atoms with Crippen molar-refractivity contribution in [3.8, 4) is 0 Å². The molecule has 0 spiro atoms. The highest BCUT2D eigenvalue weighted by molar-refractivity contribution is 5.01. The smallest absolute Gasteiger partial charge is 0.0254 e. The second kappa shape index (κ2) is 3.71. The number of fused-ring (bicyclic) bond motifs is 1. The minimum atomic E-state index is 0.478. The van der Waals surface area contributed by atoms with Crippen LogP contribution >= 0.6 is 0 Å². The summed E-state index contributed by atoms with van der Waals surface area (Å²) < 4.78 is 0. The molecule has 16 heavy (non-hydrogen) atoms. The van der Waals surface area contributed by atoms with Crippen molar-refractivity contribution in [3.05, 3.63) is 0 Å². The summed E-state index contributed by atoms with van der Waals surface area (Å²) in [6.45, 7) is 12.1. The molecule has 2 aliphatic rings. The predicted octanol–water partition coefficient (Wildman–Crippen LogP) is 2.45. The molecule has 2 heterocycles. The average Bonchev–Trinajstić information content (AvgIpc) is 2.05. The van der Waals surface area contributed by atoms with Crippen molar-refractivity contribution >= 4 is 0 Å². The highest BCUT2D eigenvalue weighted by atomic mass is 15.3. The number of piperidine rings is 2. The molecule has 94 valence electrons. The molecule has 0 aromatic heterocycles. The van der Waals surface area contributed by atoms with Crippen molar-refractivity contribution < 1.29 is 0 Å². The van der Waals surface area contributed by atoms with Crippen LogP contribution in [-0.4, -0.2) is 49.1 Å². The van der Waals surface area contributed by atoms with Gasteiger partial charge in [-0.25, -0.2) is 0 Å². The van der Waals surface area contributed by atoms with Crippen LogP contribution in [0.2, 0.25) is 0 Å². The van der Waals surface area contributed by atoms with Gasteiger partial charge in [0.15, 0.2) is 0 Å². The number of hydrogen-bond acceptors (Lipinski definition) is 2. The van der Waals surface area contributed by atoms with Crippen LogP contribution in [0.3, 0.4) is 0 Å². The van der Waals surface area contributed by atoms with Gasteiger partial charge in [0.25, 0.3) is 0 Å². The lowest BCUT2D eigenvalue weighted by Crippen LogP contribution is -2.63. The standard InChI is InChI=1S/C14H28N2/c1-13(2)7-11-12(15(5)9-13)8-14(3,4)10-16(11)6/h11-12H,7-10H2,1-6H3. The van der Waals surface area contributed by atoms with E-state index in [1.165, 1.54) is 25.9 Å². The third kappa shape index (κ3) is 2.28. The highest BCUT2D eigenvalue weighted by Gasteiger charge is 2.45. The van der Waals surface area contributed by atoms with Crippen LogP contribution in [0.5, 0.6) is 0 Å². The van der Waals surface area contributed by atoms with E-state index in [0.717, 1.165) is 12.1 Å². The molecule has 0 bridgehead atoms. The van der Waals surface area contributed by atoms with Gasteiger partial charge >= 0.3 is 0 Å². The zero-order valence-electron chi connectivity index (χ0n) is 11.9. The van der Waals surface area contributed by atoms with Crippen LogP contribution in [-0.2, 0) is 0 Å². The lowest BCUT2D eigenvalue weighted by atomic mass is 9.70. The Balaban J connectivity index is 2.19. The first-order valence-corrected chi connectivity index (χ1v) is 6.61. The fourth-order valence-corrected chi connectivity index (χ4v) is 4.02. The molecule has 2 heteroatoms. The molecule has 0 radical (unpaired) electrons. The Labute approximate surface area is 101 Å². The third-order valence-electron chi connectivity index (χ3n) is 4.45. The molecule has 2 rings (SSSR count). The van der Waals surface area contributed by atoms with E-state index in [1.54, 1.807) is 0 Å². The minimum absolute atomic E-state index is 0.478. The van der Waals surface area contributed by atoms with Gasteiger partial charge in [-0.1, -0.05) is 27.7 Å². The van der Waals surface area contributed by atoms with Crippen LogP contribution < -0.4 is 0 Å². The molecule has 0 aromatic rings. The second-order valence-corrected chi connectivity index (χ2v) is 7.70. The van der Waals surface area contributed by atoms with Crippen molar-refractivity contribution in [2.45, 2.75) is 52.6 Å². The Kier molecular flexibility index (Phi) is 2.87. The van der Waals surface area contributed by atoms with Crippen LogP contribution in [0.1, 0.15) is 40.5 Å². The molecular weight excluding hydrogens is 196 g/mol. The van der Waals surface area contributed by atoms with E-state index in [9.17, 15) is 0 Å². The van der Waals surface area contributed by atoms with Gasteiger partial charge in [0.2, 0.25) is 0 Å². The zero-order valence-corrected chi connectivity index (χ0v) is 11.9. The summed E-state index contributed by atoms with van der Waals surface area (Å²) in [5.74, 6) is 0. The molecule has 2 nitrogen and oxygen atoms in total. The maximum Gasteiger partial charge on any atom is 0.0254 e. The van der Waals surface area contributed by atoms with Crippen molar-refractivity contribution in [1.29, 1.82) is 0 Å². The summed E-state index contributed by atoms with van der Waals surface area (Å²) in [4.78, 5) is 5.21. The molecule has 2 atom stereocenters. The lowest BCUT2D eigenvalue weighted by molar-refractivity contribution is -0.0569. The largest absolute Gasteiger partial charge is 0.301 e. The van der Waals surface area contributed by atoms with E-state index >= 15 is 0 Å². The summed E-state index contributed by atoms with van der Waals surface area (Å²) in [5, 5.41) is 0. The van der Waals surface area contributed by atoms with Gasteiger partial charge in [0.1, 0.15) is 0 Å². The summed E-state index contributed by atoms with van der Waals surface area (Å²) >= 11 is 0. The van der Waals surface area contributed by atoms with Crippen LogP contribution in [0.15, 0.2) is 0 Å². The first-order chi connectivity index (χ1) is 7.20. The van der Waals surface area contributed by atoms with Gasteiger partial charge in [0.05, 0.1) is 0 Å². The Morgan fingerprint density at radius 3 is 1.38 bits per heavy atom. The summed E-state index contributed by atoms with van der Waals surface area (Å²) in [6, 6.07) is 1.53. The third-order valence-corrected chi connectivity index (χ3v) is 4.45. The maximum absolute atomic E-state index is 2.60. The summed E-state index contributed by atoms with van der Waals surface area (Å²) in [5.41, 5.74) is 0.956. The Morgan fingerprint density at radius 1 is 0.750 bits per heavy atom. The van der Waals surface area contributed by atoms with Gasteiger partial charge in [0, 0.05) is 25.2 Å². The fraction of sp³-hybridized carbons (Fsp3) is 1.00. The summed E-state index contributed by atoms with van der Waals surface area (Å²) in [7, 11) is 4.63. The van der Waals surface area contributed by atoms with Crippen LogP contribution in [0.4, 0.5) is 0 Å². The molecule has 0 N–H and O–H groups in total. The highest BCUT2D eigenvalue weighted by Crippen LogP contribution is 2.42. The average molecular weight is 224 g/mol. The van der Waals surface area contributed by atoms with Gasteiger partial charge in [-0.2, -0.15) is 0 Å². The lowest BCUT2D eigenvalue weighted by Gasteiger charge is -2.56.